The first-order chi connectivity index (χ1) is 12.5. The molecule has 0 unspecified atom stereocenters. The van der Waals surface area contributed by atoms with Crippen LogP contribution in [0.5, 0.6) is 0 Å². The van der Waals surface area contributed by atoms with Crippen LogP contribution in [0.15, 0.2) is 46.8 Å². The largest absolute Gasteiger partial charge is 0.356 e. The second-order valence-electron chi connectivity index (χ2n) is 6.17. The summed E-state index contributed by atoms with van der Waals surface area (Å²) < 4.78 is 13.1. The minimum atomic E-state index is -0.254. The number of carbonyl (C=O) groups is 1. The lowest BCUT2D eigenvalue weighted by Crippen LogP contribution is -2.40. The number of thiophene rings is 1. The summed E-state index contributed by atoms with van der Waals surface area (Å²) >= 11 is 1.72. The zero-order valence-electron chi connectivity index (χ0n) is 15.4. The Labute approximate surface area is 158 Å². The summed E-state index contributed by atoms with van der Waals surface area (Å²) in [4.78, 5) is 21.1. The number of nitrogens with one attached hydrogen (secondary N) is 1. The fraction of sp³-hybridized carbons (Fsp3) is 0.368. The van der Waals surface area contributed by atoms with E-state index in [9.17, 15) is 9.18 Å². The molecule has 2 aromatic rings. The molecule has 0 aliphatic heterocycles. The van der Waals surface area contributed by atoms with Crippen molar-refractivity contribution in [2.24, 2.45) is 4.99 Å². The van der Waals surface area contributed by atoms with Gasteiger partial charge in [0.2, 0.25) is 5.91 Å². The van der Waals surface area contributed by atoms with Crippen LogP contribution in [0.2, 0.25) is 0 Å². The predicted molar refractivity (Wildman–Crippen MR) is 105 cm³/mol. The molecular weight excluding hydrogens is 351 g/mol. The summed E-state index contributed by atoms with van der Waals surface area (Å²) in [6, 6.07) is 10.5. The molecule has 1 N–H and O–H groups in total. The zero-order chi connectivity index (χ0) is 18.9. The Bertz CT molecular complexity index is 714. The number of nitrogens with zero attached hydrogens (tertiary/aromatic N) is 3. The topological polar surface area (TPSA) is 47.9 Å². The van der Waals surface area contributed by atoms with Crippen LogP contribution in [-0.2, 0) is 17.8 Å². The number of hydrogen-bond donors (Lipinski definition) is 1. The number of carbonyl (C=O) groups excluding carboxylic acids is 1. The molecule has 0 fully saturated rings. The van der Waals surface area contributed by atoms with Crippen molar-refractivity contribution >= 4 is 23.2 Å². The molecule has 1 amide bonds. The van der Waals surface area contributed by atoms with Gasteiger partial charge >= 0.3 is 0 Å². The monoisotopic (exact) mass is 376 g/mol. The van der Waals surface area contributed by atoms with Gasteiger partial charge in [-0.05, 0) is 35.6 Å². The smallest absolute Gasteiger partial charge is 0.243 e. The molecule has 7 heteroatoms. The molecule has 0 saturated heterocycles. The van der Waals surface area contributed by atoms with Gasteiger partial charge in [-0.3, -0.25) is 4.79 Å². The normalized spacial score (nSPS) is 11.3. The Kier molecular flexibility index (Phi) is 7.59. The van der Waals surface area contributed by atoms with Crippen LogP contribution in [0.3, 0.4) is 0 Å². The number of likely N-dealkylation sites (N-methyl/N-ethyl adjacent to an activating group) is 1. The van der Waals surface area contributed by atoms with Crippen molar-refractivity contribution in [1.82, 2.24) is 15.1 Å². The second-order valence-corrected chi connectivity index (χ2v) is 7.20. The first kappa shape index (κ1) is 19.9. The first-order valence-corrected chi connectivity index (χ1v) is 9.30. The van der Waals surface area contributed by atoms with E-state index in [1.165, 1.54) is 21.9 Å². The number of amides is 1. The summed E-state index contributed by atoms with van der Waals surface area (Å²) in [5.41, 5.74) is 0.973. The SMILES string of the molecule is CN(C)C(=O)CN=C(NCCc1cccs1)N(C)Cc1ccc(F)cc1. The quantitative estimate of drug-likeness (QED) is 0.597. The maximum Gasteiger partial charge on any atom is 0.243 e. The molecule has 5 nitrogen and oxygen atoms in total. The van der Waals surface area contributed by atoms with E-state index in [4.69, 9.17) is 0 Å². The molecule has 1 aromatic carbocycles. The highest BCUT2D eigenvalue weighted by Crippen LogP contribution is 2.09. The van der Waals surface area contributed by atoms with Crippen LogP contribution < -0.4 is 5.32 Å². The number of guanidine groups is 1. The van der Waals surface area contributed by atoms with Crippen molar-refractivity contribution < 1.29 is 9.18 Å². The number of halogens is 1. The molecule has 1 heterocycles. The van der Waals surface area contributed by atoms with Crippen molar-refractivity contribution in [3.63, 3.8) is 0 Å². The van der Waals surface area contributed by atoms with Gasteiger partial charge in [0.1, 0.15) is 12.4 Å². The summed E-state index contributed by atoms with van der Waals surface area (Å²) in [5.74, 6) is 0.342. The molecule has 1 aromatic heterocycles. The van der Waals surface area contributed by atoms with Gasteiger partial charge < -0.3 is 15.1 Å². The summed E-state index contributed by atoms with van der Waals surface area (Å²) in [5, 5.41) is 5.38. The molecule has 0 aliphatic rings. The predicted octanol–water partition coefficient (Wildman–Crippen LogP) is 2.60. The van der Waals surface area contributed by atoms with Crippen LogP contribution in [-0.4, -0.2) is 55.9 Å². The van der Waals surface area contributed by atoms with Crippen molar-refractivity contribution in [3.8, 4) is 0 Å². The summed E-state index contributed by atoms with van der Waals surface area (Å²) in [6.45, 7) is 1.38. The van der Waals surface area contributed by atoms with E-state index in [2.05, 4.69) is 21.8 Å². The molecular formula is C19H25FN4OS. The van der Waals surface area contributed by atoms with Crippen LogP contribution >= 0.6 is 11.3 Å². The van der Waals surface area contributed by atoms with Gasteiger partial charge in [-0.2, -0.15) is 0 Å². The van der Waals surface area contributed by atoms with Crippen LogP contribution in [0, 0.1) is 5.82 Å². The Balaban J connectivity index is 2.00. The highest BCUT2D eigenvalue weighted by Gasteiger charge is 2.10. The van der Waals surface area contributed by atoms with Gasteiger partial charge in [-0.1, -0.05) is 18.2 Å². The highest BCUT2D eigenvalue weighted by atomic mass is 32.1. The lowest BCUT2D eigenvalue weighted by molar-refractivity contribution is -0.127. The standard InChI is InChI=1S/C19H25FN4OS/c1-23(2)18(25)13-22-19(21-11-10-17-5-4-12-26-17)24(3)14-15-6-8-16(20)9-7-15/h4-9,12H,10-11,13-14H2,1-3H3,(H,21,22). The van der Waals surface area contributed by atoms with Crippen LogP contribution in [0.4, 0.5) is 4.39 Å². The van der Waals surface area contributed by atoms with Crippen LogP contribution in [0.1, 0.15) is 10.4 Å². The highest BCUT2D eigenvalue weighted by molar-refractivity contribution is 7.09. The van der Waals surface area contributed by atoms with Gasteiger partial charge in [0, 0.05) is 39.1 Å². The minimum Gasteiger partial charge on any atom is -0.356 e. The Morgan fingerprint density at radius 1 is 1.19 bits per heavy atom. The van der Waals surface area contributed by atoms with Gasteiger partial charge in [0.25, 0.3) is 0 Å². The maximum absolute atomic E-state index is 13.1. The first-order valence-electron chi connectivity index (χ1n) is 8.42. The molecule has 26 heavy (non-hydrogen) atoms. The van der Waals surface area contributed by atoms with E-state index in [1.807, 2.05) is 18.0 Å². The third kappa shape index (κ3) is 6.48. The molecule has 2 rings (SSSR count). The number of aliphatic imine (C=N–C) groups is 1. The molecule has 0 aliphatic carbocycles. The van der Waals surface area contributed by atoms with Crippen molar-refractivity contribution in [2.45, 2.75) is 13.0 Å². The van der Waals surface area contributed by atoms with E-state index < -0.39 is 0 Å². The fourth-order valence-electron chi connectivity index (χ4n) is 2.29. The van der Waals surface area contributed by atoms with Gasteiger partial charge in [0.05, 0.1) is 0 Å². The Morgan fingerprint density at radius 3 is 2.54 bits per heavy atom. The Hall–Kier alpha value is -2.41. The van der Waals surface area contributed by atoms with E-state index in [1.54, 1.807) is 37.6 Å². The summed E-state index contributed by atoms with van der Waals surface area (Å²) in [6.07, 6.45) is 0.892. The third-order valence-electron chi connectivity index (χ3n) is 3.79. The zero-order valence-corrected chi connectivity index (χ0v) is 16.2. The average molecular weight is 377 g/mol. The molecule has 140 valence electrons. The van der Waals surface area contributed by atoms with E-state index >= 15 is 0 Å². The van der Waals surface area contributed by atoms with Crippen molar-refractivity contribution in [1.29, 1.82) is 0 Å². The van der Waals surface area contributed by atoms with Crippen molar-refractivity contribution in [3.05, 3.63) is 58.0 Å². The molecule has 0 bridgehead atoms. The van der Waals surface area contributed by atoms with Crippen LogP contribution in [0.25, 0.3) is 0 Å². The van der Waals surface area contributed by atoms with Gasteiger partial charge in [0.15, 0.2) is 5.96 Å². The van der Waals surface area contributed by atoms with E-state index in [0.29, 0.717) is 12.5 Å². The number of hydrogen-bond acceptors (Lipinski definition) is 3. The van der Waals surface area contributed by atoms with Gasteiger partial charge in [-0.15, -0.1) is 11.3 Å². The van der Waals surface area contributed by atoms with Crippen molar-refractivity contribution in [2.75, 3.05) is 34.2 Å². The summed E-state index contributed by atoms with van der Waals surface area (Å²) in [7, 11) is 5.33. The number of benzene rings is 1. The third-order valence-corrected chi connectivity index (χ3v) is 4.73. The maximum atomic E-state index is 13.1. The molecule has 0 radical (unpaired) electrons. The molecule has 0 spiro atoms. The minimum absolute atomic E-state index is 0.0576. The van der Waals surface area contributed by atoms with Gasteiger partial charge in [-0.25, -0.2) is 9.38 Å². The van der Waals surface area contributed by atoms with E-state index in [-0.39, 0.29) is 18.3 Å². The van der Waals surface area contributed by atoms with E-state index in [0.717, 1.165) is 18.5 Å². The lowest BCUT2D eigenvalue weighted by atomic mass is 10.2. The second kappa shape index (κ2) is 9.91. The lowest BCUT2D eigenvalue weighted by Gasteiger charge is -2.23. The molecule has 0 saturated carbocycles. The average Bonchev–Trinajstić information content (AvgIpc) is 3.12. The number of rotatable bonds is 7. The Morgan fingerprint density at radius 2 is 1.92 bits per heavy atom. The molecule has 0 atom stereocenters. The fourth-order valence-corrected chi connectivity index (χ4v) is 3.00.